The van der Waals surface area contributed by atoms with Gasteiger partial charge in [0.05, 0.1) is 11.7 Å². The summed E-state index contributed by atoms with van der Waals surface area (Å²) in [7, 11) is 0. The van der Waals surface area contributed by atoms with Gasteiger partial charge in [0.25, 0.3) is 0 Å². The van der Waals surface area contributed by atoms with Crippen LogP contribution in [0.1, 0.15) is 44.6 Å². The molecule has 2 N–H and O–H groups in total. The highest BCUT2D eigenvalue weighted by Gasteiger charge is 2.18. The van der Waals surface area contributed by atoms with Gasteiger partial charge in [-0.25, -0.2) is 4.68 Å². The monoisotopic (exact) mass is 333 g/mol. The summed E-state index contributed by atoms with van der Waals surface area (Å²) in [6.07, 6.45) is 7.65. The highest BCUT2D eigenvalue weighted by Crippen LogP contribution is 2.33. The van der Waals surface area contributed by atoms with Crippen molar-refractivity contribution in [3.63, 3.8) is 0 Å². The average Bonchev–Trinajstić information content (AvgIpc) is 2.66. The first kappa shape index (κ1) is 13.7. The summed E-state index contributed by atoms with van der Waals surface area (Å²) < 4.78 is 3.10. The van der Waals surface area contributed by atoms with E-state index in [0.717, 1.165) is 21.5 Å². The van der Waals surface area contributed by atoms with Gasteiger partial charge in [-0.15, -0.1) is 0 Å². The summed E-state index contributed by atoms with van der Waals surface area (Å²) in [6, 6.07) is 10.6. The van der Waals surface area contributed by atoms with Gasteiger partial charge in [0.2, 0.25) is 0 Å². The molecule has 0 spiro atoms. The fourth-order valence-corrected chi connectivity index (χ4v) is 3.49. The lowest BCUT2D eigenvalue weighted by Gasteiger charge is -2.16. The molecule has 0 aliphatic heterocycles. The molecule has 4 heteroatoms. The number of anilines is 1. The lowest BCUT2D eigenvalue weighted by Crippen LogP contribution is -2.12. The molecule has 1 fully saturated rings. The van der Waals surface area contributed by atoms with E-state index >= 15 is 0 Å². The lowest BCUT2D eigenvalue weighted by molar-refractivity contribution is 0.412. The molecule has 0 atom stereocenters. The predicted octanol–water partition coefficient (Wildman–Crippen LogP) is 4.79. The smallest absolute Gasteiger partial charge is 0.122 e. The number of hydrogen-bond donors (Lipinski definition) is 1. The molecule has 0 saturated heterocycles. The first-order valence-corrected chi connectivity index (χ1v) is 8.15. The molecule has 1 aliphatic carbocycles. The maximum Gasteiger partial charge on any atom is 0.122 e. The van der Waals surface area contributed by atoms with E-state index in [1.807, 2.05) is 28.9 Å². The number of halogens is 1. The quantitative estimate of drug-likeness (QED) is 0.803. The molecule has 0 unspecified atom stereocenters. The van der Waals surface area contributed by atoms with Crippen molar-refractivity contribution < 1.29 is 0 Å². The highest BCUT2D eigenvalue weighted by molar-refractivity contribution is 9.10. The number of nitrogens with zero attached hydrogens (tertiary/aromatic N) is 2. The molecular formula is C16H20BrN3. The van der Waals surface area contributed by atoms with Gasteiger partial charge in [-0.3, -0.25) is 0 Å². The summed E-state index contributed by atoms with van der Waals surface area (Å²) in [6.45, 7) is 0. The highest BCUT2D eigenvalue weighted by atomic mass is 79.9. The van der Waals surface area contributed by atoms with Gasteiger partial charge in [0.15, 0.2) is 0 Å². The molecule has 1 heterocycles. The van der Waals surface area contributed by atoms with Gasteiger partial charge in [0.1, 0.15) is 5.82 Å². The van der Waals surface area contributed by atoms with Crippen LogP contribution < -0.4 is 5.73 Å². The van der Waals surface area contributed by atoms with Crippen molar-refractivity contribution in [3.05, 3.63) is 34.8 Å². The molecule has 3 nitrogen and oxygen atoms in total. The molecule has 20 heavy (non-hydrogen) atoms. The van der Waals surface area contributed by atoms with Crippen LogP contribution in [0.3, 0.4) is 0 Å². The number of benzene rings is 1. The Kier molecular flexibility index (Phi) is 4.10. The largest absolute Gasteiger partial charge is 0.384 e. The number of aromatic nitrogens is 2. The van der Waals surface area contributed by atoms with E-state index in [-0.39, 0.29) is 0 Å². The maximum absolute atomic E-state index is 6.20. The Labute approximate surface area is 128 Å². The molecule has 0 bridgehead atoms. The maximum atomic E-state index is 6.20. The van der Waals surface area contributed by atoms with E-state index in [1.54, 1.807) is 0 Å². The van der Waals surface area contributed by atoms with Gasteiger partial charge in [-0.05, 0) is 18.9 Å². The van der Waals surface area contributed by atoms with E-state index in [4.69, 9.17) is 10.8 Å². The number of nitrogen functional groups attached to an aromatic ring is 1. The SMILES string of the molecule is Nc1cc(-c2ccccc2Br)nn1C1CCCCCC1. The average molecular weight is 334 g/mol. The zero-order valence-electron chi connectivity index (χ0n) is 11.6. The van der Waals surface area contributed by atoms with Crippen LogP contribution in [0.4, 0.5) is 5.82 Å². The molecule has 106 valence electrons. The minimum atomic E-state index is 0.466. The van der Waals surface area contributed by atoms with E-state index in [9.17, 15) is 0 Å². The standard InChI is InChI=1S/C16H20BrN3/c17-14-10-6-5-9-13(14)15-11-16(18)20(19-15)12-7-3-1-2-4-8-12/h5-6,9-12H,1-4,7-8,18H2. The Hall–Kier alpha value is -1.29. The summed E-state index contributed by atoms with van der Waals surface area (Å²) in [5, 5.41) is 4.77. The minimum absolute atomic E-state index is 0.466. The summed E-state index contributed by atoms with van der Waals surface area (Å²) in [5.41, 5.74) is 8.26. The van der Waals surface area contributed by atoms with Crippen LogP contribution in [-0.4, -0.2) is 9.78 Å². The molecule has 0 radical (unpaired) electrons. The normalized spacial score (nSPS) is 17.1. The van der Waals surface area contributed by atoms with Crippen LogP contribution in [0.2, 0.25) is 0 Å². The molecule has 1 aromatic heterocycles. The van der Waals surface area contributed by atoms with Crippen molar-refractivity contribution in [2.75, 3.05) is 5.73 Å². The van der Waals surface area contributed by atoms with Gasteiger partial charge in [-0.1, -0.05) is 59.8 Å². The van der Waals surface area contributed by atoms with Crippen molar-refractivity contribution in [1.29, 1.82) is 0 Å². The second kappa shape index (κ2) is 6.00. The molecule has 0 amide bonds. The van der Waals surface area contributed by atoms with Crippen LogP contribution in [0.25, 0.3) is 11.3 Å². The van der Waals surface area contributed by atoms with Gasteiger partial charge in [0, 0.05) is 16.1 Å². The van der Waals surface area contributed by atoms with E-state index in [1.165, 1.54) is 38.5 Å². The van der Waals surface area contributed by atoms with Crippen molar-refractivity contribution in [2.24, 2.45) is 0 Å². The third-order valence-corrected chi connectivity index (χ3v) is 4.78. The number of nitrogens with two attached hydrogens (primary N) is 1. The summed E-state index contributed by atoms with van der Waals surface area (Å²) in [5.74, 6) is 0.780. The van der Waals surface area contributed by atoms with Crippen molar-refractivity contribution >= 4 is 21.7 Å². The second-order valence-corrected chi connectivity index (χ2v) is 6.38. The topological polar surface area (TPSA) is 43.8 Å². The molecule has 3 rings (SSSR count). The number of hydrogen-bond acceptors (Lipinski definition) is 2. The molecule has 2 aromatic rings. The Bertz CT molecular complexity index is 583. The molecular weight excluding hydrogens is 314 g/mol. The Morgan fingerprint density at radius 2 is 1.80 bits per heavy atom. The van der Waals surface area contributed by atoms with Crippen molar-refractivity contribution in [2.45, 2.75) is 44.6 Å². The van der Waals surface area contributed by atoms with E-state index < -0.39 is 0 Å². The van der Waals surface area contributed by atoms with E-state index in [0.29, 0.717) is 6.04 Å². The summed E-state index contributed by atoms with van der Waals surface area (Å²) >= 11 is 3.59. The van der Waals surface area contributed by atoms with Crippen LogP contribution in [0.15, 0.2) is 34.8 Å². The van der Waals surface area contributed by atoms with E-state index in [2.05, 4.69) is 22.0 Å². The zero-order valence-corrected chi connectivity index (χ0v) is 13.1. The van der Waals surface area contributed by atoms with Crippen LogP contribution >= 0.6 is 15.9 Å². The Balaban J connectivity index is 1.92. The Morgan fingerprint density at radius 3 is 2.50 bits per heavy atom. The Morgan fingerprint density at radius 1 is 1.10 bits per heavy atom. The third-order valence-electron chi connectivity index (χ3n) is 4.08. The zero-order chi connectivity index (χ0) is 13.9. The first-order valence-electron chi connectivity index (χ1n) is 7.35. The first-order chi connectivity index (χ1) is 9.75. The molecule has 1 aliphatic rings. The third kappa shape index (κ3) is 2.75. The van der Waals surface area contributed by atoms with Crippen molar-refractivity contribution in [3.8, 4) is 11.3 Å². The fourth-order valence-electron chi connectivity index (χ4n) is 3.00. The van der Waals surface area contributed by atoms with Crippen LogP contribution in [-0.2, 0) is 0 Å². The van der Waals surface area contributed by atoms with Gasteiger partial charge in [-0.2, -0.15) is 5.10 Å². The minimum Gasteiger partial charge on any atom is -0.384 e. The lowest BCUT2D eigenvalue weighted by atomic mass is 10.1. The molecule has 1 saturated carbocycles. The van der Waals surface area contributed by atoms with Gasteiger partial charge >= 0.3 is 0 Å². The van der Waals surface area contributed by atoms with Crippen molar-refractivity contribution in [1.82, 2.24) is 9.78 Å². The molecule has 1 aromatic carbocycles. The van der Waals surface area contributed by atoms with Gasteiger partial charge < -0.3 is 5.73 Å². The van der Waals surface area contributed by atoms with Crippen LogP contribution in [0, 0.1) is 0 Å². The van der Waals surface area contributed by atoms with Crippen LogP contribution in [0.5, 0.6) is 0 Å². The number of rotatable bonds is 2. The summed E-state index contributed by atoms with van der Waals surface area (Å²) in [4.78, 5) is 0. The predicted molar refractivity (Wildman–Crippen MR) is 86.5 cm³/mol. The second-order valence-electron chi connectivity index (χ2n) is 5.52. The fraction of sp³-hybridized carbons (Fsp3) is 0.438.